The van der Waals surface area contributed by atoms with Crippen molar-refractivity contribution >= 4 is 58.3 Å². The number of hydrogen-bond donors (Lipinski definition) is 3. The topological polar surface area (TPSA) is 125 Å². The third-order valence-electron chi connectivity index (χ3n) is 29.8. The molecule has 0 aliphatic heterocycles. The number of nitrogens with zero attached hydrogens (tertiary/aromatic N) is 6. The molecule has 0 aromatic heterocycles. The molecule has 15 rings (SSSR count). The largest absolute Gasteiger partial charge is 0.492 e. The molecule has 6 fully saturated rings. The summed E-state index contributed by atoms with van der Waals surface area (Å²) in [4.78, 5) is 36.6. The van der Waals surface area contributed by atoms with Crippen molar-refractivity contribution in [2.75, 3.05) is 96.4 Å². The average molecular weight is 1880 g/mol. The normalized spacial score (nSPS) is 17.0. The Morgan fingerprint density at radius 3 is 0.577 bits per heavy atom. The van der Waals surface area contributed by atoms with Gasteiger partial charge in [-0.1, -0.05) is 323 Å². The second kappa shape index (κ2) is 54.7. The standard InChI is InChI=1S/3C41H56N2O.H3O4P/c3*1-6-40(33-19-17-32(18-20-33)31(2)3)41(35-23-27-39(28-24-35)44-30-29-42(4)5)34-21-25-38(26-22-34)43(36-13-9-7-10-14-36)37-15-11-8-12-16-37;1-5(2,3)4/h3*17-28,31,36-37H,6-16,29-30H2,1-5H3;(H3,1,2,3,4)/b3*41-40+;. The van der Waals surface area contributed by atoms with Crippen LogP contribution < -0.4 is 28.9 Å². The first kappa shape index (κ1) is 107. The third-order valence-corrected chi connectivity index (χ3v) is 29.8. The van der Waals surface area contributed by atoms with Crippen LogP contribution in [0.1, 0.15) is 359 Å². The van der Waals surface area contributed by atoms with Crippen LogP contribution in [0.2, 0.25) is 0 Å². The summed E-state index contributed by atoms with van der Waals surface area (Å²) < 4.78 is 27.1. The van der Waals surface area contributed by atoms with Crippen molar-refractivity contribution in [2.45, 2.75) is 328 Å². The fourth-order valence-corrected chi connectivity index (χ4v) is 22.2. The highest BCUT2D eigenvalue weighted by atomic mass is 31.2. The summed E-state index contributed by atoms with van der Waals surface area (Å²) in [5, 5.41) is 0. The molecule has 0 heterocycles. The van der Waals surface area contributed by atoms with Crippen LogP contribution in [0, 0.1) is 0 Å². The molecular formula is C123H171N6O7P. The zero-order valence-corrected chi connectivity index (χ0v) is 87.6. The molecule has 0 unspecified atom stereocenters. The molecule has 14 heteroatoms. The highest BCUT2D eigenvalue weighted by Gasteiger charge is 2.34. The molecular weight excluding hydrogens is 1700 g/mol. The average Bonchev–Trinajstić information content (AvgIpc) is 0.787. The summed E-state index contributed by atoms with van der Waals surface area (Å²) in [6.07, 6.45) is 44.0. The van der Waals surface area contributed by atoms with Gasteiger partial charge in [-0.05, 0) is 329 Å². The zero-order chi connectivity index (χ0) is 97.2. The maximum Gasteiger partial charge on any atom is 0.466 e. The van der Waals surface area contributed by atoms with E-state index in [-0.39, 0.29) is 0 Å². The van der Waals surface area contributed by atoms with E-state index in [1.807, 2.05) is 0 Å². The van der Waals surface area contributed by atoms with Gasteiger partial charge in [0.25, 0.3) is 0 Å². The summed E-state index contributed by atoms with van der Waals surface area (Å²) in [6, 6.07) is 87.4. The van der Waals surface area contributed by atoms with E-state index in [9.17, 15) is 0 Å². The summed E-state index contributed by atoms with van der Waals surface area (Å²) >= 11 is 0. The SMILES string of the molecule is CC/C(=C(\c1ccc(OCCN(C)C)cc1)c1ccc(N(C2CCCCC2)C2CCCCC2)cc1)c1ccc(C(C)C)cc1.CC/C(=C(\c1ccc(OCCN(C)C)cc1)c1ccc(N(C2CCCCC2)C2CCCCC2)cc1)c1ccc(C(C)C)cc1.CC/C(=C(\c1ccc(OCCN(C)C)cc1)c1ccc(N(C2CCCCC2)C2CCCCC2)cc1)c1ccc(C(C)C)cc1.O=P(O)(O)O. The first-order chi connectivity index (χ1) is 66.3. The van der Waals surface area contributed by atoms with E-state index < -0.39 is 7.82 Å². The number of hydrogen-bond acceptors (Lipinski definition) is 10. The van der Waals surface area contributed by atoms with E-state index >= 15 is 0 Å². The number of allylic oxidation sites excluding steroid dienone is 3. The van der Waals surface area contributed by atoms with Gasteiger partial charge in [-0.2, -0.15) is 0 Å². The summed E-state index contributed by atoms with van der Waals surface area (Å²) in [7, 11) is 7.85. The van der Waals surface area contributed by atoms with Crippen LogP contribution in [0.3, 0.4) is 0 Å². The molecule has 740 valence electrons. The van der Waals surface area contributed by atoms with Crippen LogP contribution in [0.15, 0.2) is 218 Å². The smallest absolute Gasteiger partial charge is 0.466 e. The predicted molar refractivity (Wildman–Crippen MR) is 584 cm³/mol. The predicted octanol–water partition coefficient (Wildman–Crippen LogP) is 30.8. The molecule has 0 radical (unpaired) electrons. The molecule has 0 atom stereocenters. The lowest BCUT2D eigenvalue weighted by Gasteiger charge is -2.43. The van der Waals surface area contributed by atoms with Gasteiger partial charge in [0.1, 0.15) is 37.1 Å². The molecule has 13 nitrogen and oxygen atoms in total. The molecule has 9 aromatic rings. The van der Waals surface area contributed by atoms with Crippen molar-refractivity contribution in [3.63, 3.8) is 0 Å². The fourth-order valence-electron chi connectivity index (χ4n) is 22.2. The molecule has 137 heavy (non-hydrogen) atoms. The molecule has 3 N–H and O–H groups in total. The van der Waals surface area contributed by atoms with Crippen molar-refractivity contribution < 1.29 is 33.5 Å². The second-order valence-corrected chi connectivity index (χ2v) is 42.6. The van der Waals surface area contributed by atoms with E-state index in [0.29, 0.717) is 73.8 Å². The van der Waals surface area contributed by atoms with Crippen LogP contribution in [0.5, 0.6) is 17.2 Å². The molecule has 0 saturated heterocycles. The van der Waals surface area contributed by atoms with Crippen molar-refractivity contribution in [1.29, 1.82) is 0 Å². The fraction of sp³-hybridized carbons (Fsp3) is 0.512. The van der Waals surface area contributed by atoms with Gasteiger partial charge < -0.3 is 58.3 Å². The van der Waals surface area contributed by atoms with Crippen molar-refractivity contribution in [3.8, 4) is 17.2 Å². The highest BCUT2D eigenvalue weighted by Crippen LogP contribution is 2.45. The van der Waals surface area contributed by atoms with Gasteiger partial charge in [-0.15, -0.1) is 0 Å². The van der Waals surface area contributed by atoms with Gasteiger partial charge in [0.15, 0.2) is 0 Å². The number of anilines is 3. The Bertz CT molecular complexity index is 4570. The Labute approximate surface area is 828 Å². The van der Waals surface area contributed by atoms with E-state index in [1.165, 1.54) is 310 Å². The number of rotatable bonds is 36. The van der Waals surface area contributed by atoms with Crippen LogP contribution in [0.25, 0.3) is 33.4 Å². The van der Waals surface area contributed by atoms with Gasteiger partial charge in [0, 0.05) is 72.9 Å². The summed E-state index contributed by atoms with van der Waals surface area (Å²) in [6.45, 7) is 25.3. The monoisotopic (exact) mass is 1880 g/mol. The first-order valence-corrected chi connectivity index (χ1v) is 55.0. The van der Waals surface area contributed by atoms with Crippen molar-refractivity contribution in [2.24, 2.45) is 0 Å². The van der Waals surface area contributed by atoms with Gasteiger partial charge in [0.05, 0.1) is 0 Å². The maximum atomic E-state index is 8.88. The van der Waals surface area contributed by atoms with Crippen LogP contribution >= 0.6 is 7.82 Å². The lowest BCUT2D eigenvalue weighted by atomic mass is 9.86. The number of phosphoric acid groups is 1. The van der Waals surface area contributed by atoms with E-state index in [2.05, 4.69) is 352 Å². The van der Waals surface area contributed by atoms with Gasteiger partial charge >= 0.3 is 7.82 Å². The minimum atomic E-state index is -4.64. The molecule has 6 aliphatic rings. The van der Waals surface area contributed by atoms with Crippen LogP contribution in [-0.4, -0.2) is 147 Å². The van der Waals surface area contributed by atoms with Crippen LogP contribution in [0.4, 0.5) is 17.1 Å². The Balaban J connectivity index is 0.000000180. The van der Waals surface area contributed by atoms with Gasteiger partial charge in [-0.25, -0.2) is 4.57 Å². The number of benzene rings is 9. The van der Waals surface area contributed by atoms with Gasteiger partial charge in [0.2, 0.25) is 0 Å². The lowest BCUT2D eigenvalue weighted by Crippen LogP contribution is -2.45. The molecule has 9 aromatic carbocycles. The molecule has 6 aliphatic carbocycles. The summed E-state index contributed by atoms with van der Waals surface area (Å²) in [5.74, 6) is 4.38. The number of ether oxygens (including phenoxy) is 3. The van der Waals surface area contributed by atoms with E-state index in [4.69, 9.17) is 33.5 Å². The Hall–Kier alpha value is -9.01. The van der Waals surface area contributed by atoms with Gasteiger partial charge in [-0.3, -0.25) is 0 Å². The Morgan fingerprint density at radius 2 is 0.423 bits per heavy atom. The third kappa shape index (κ3) is 32.0. The van der Waals surface area contributed by atoms with E-state index in [1.54, 1.807) is 0 Å². The maximum absolute atomic E-state index is 8.88. The zero-order valence-electron chi connectivity index (χ0n) is 86.7. The lowest BCUT2D eigenvalue weighted by molar-refractivity contribution is 0.261. The molecule has 6 saturated carbocycles. The van der Waals surface area contributed by atoms with Crippen molar-refractivity contribution in [1.82, 2.24) is 14.7 Å². The highest BCUT2D eigenvalue weighted by molar-refractivity contribution is 7.45. The molecule has 0 bridgehead atoms. The van der Waals surface area contributed by atoms with Crippen LogP contribution in [-0.2, 0) is 4.57 Å². The Morgan fingerprint density at radius 1 is 0.263 bits per heavy atom. The first-order valence-electron chi connectivity index (χ1n) is 53.4. The minimum absolute atomic E-state index is 0.529. The number of likely N-dealkylation sites (N-methyl/N-ethyl adjacent to an activating group) is 3. The van der Waals surface area contributed by atoms with E-state index in [0.717, 1.165) is 56.1 Å². The quantitative estimate of drug-likeness (QED) is 0.0255. The minimum Gasteiger partial charge on any atom is -0.492 e. The van der Waals surface area contributed by atoms with Crippen molar-refractivity contribution in [3.05, 3.63) is 285 Å². The Kier molecular flexibility index (Phi) is 42.6. The molecule has 0 amide bonds. The molecule has 0 spiro atoms. The second-order valence-electron chi connectivity index (χ2n) is 41.6. The summed E-state index contributed by atoms with van der Waals surface area (Å²) in [5.41, 5.74) is 28.2.